The number of carboxylic acids is 1. The molecule has 1 N–H and O–H groups in total. The van der Waals surface area contributed by atoms with Crippen LogP contribution in [0, 0.1) is 17.3 Å². The summed E-state index contributed by atoms with van der Waals surface area (Å²) in [6.45, 7) is 11.2. The van der Waals surface area contributed by atoms with Crippen LogP contribution in [0.4, 0.5) is 11.5 Å². The van der Waals surface area contributed by atoms with Gasteiger partial charge in [0.1, 0.15) is 17.3 Å². The standard InChI is InChI=1S/C34H43N3O5/c1-24-21-36(19-17-26(24)22-42-30-11-7-6-10-25(30)13-16-32(38)39)29-20-27(41-5)14-15-28(29)33(40)37(23-34(2,3)4)31-12-8-9-18-35-31/h6-12,14-15,18,20,24,26H,13,16-17,19,21-23H2,1-5H3,(H,38,39). The summed E-state index contributed by atoms with van der Waals surface area (Å²) in [7, 11) is 1.64. The molecular weight excluding hydrogens is 530 g/mol. The van der Waals surface area contributed by atoms with Crippen molar-refractivity contribution in [1.82, 2.24) is 4.98 Å². The lowest BCUT2D eigenvalue weighted by molar-refractivity contribution is -0.136. The molecular formula is C34H43N3O5. The van der Waals surface area contributed by atoms with Gasteiger partial charge in [0.05, 0.1) is 25.0 Å². The largest absolute Gasteiger partial charge is 0.497 e. The van der Waals surface area contributed by atoms with Crippen molar-refractivity contribution < 1.29 is 24.2 Å². The fourth-order valence-electron chi connectivity index (χ4n) is 5.42. The van der Waals surface area contributed by atoms with Crippen molar-refractivity contribution in [3.63, 3.8) is 0 Å². The number of pyridine rings is 1. The van der Waals surface area contributed by atoms with Crippen LogP contribution in [0.3, 0.4) is 0 Å². The summed E-state index contributed by atoms with van der Waals surface area (Å²) in [5.41, 5.74) is 2.27. The summed E-state index contributed by atoms with van der Waals surface area (Å²) in [6.07, 6.45) is 3.13. The van der Waals surface area contributed by atoms with Gasteiger partial charge in [-0.05, 0) is 66.0 Å². The summed E-state index contributed by atoms with van der Waals surface area (Å²) in [6, 6.07) is 19.0. The highest BCUT2D eigenvalue weighted by molar-refractivity contribution is 6.09. The fraction of sp³-hybridized carbons (Fsp3) is 0.441. The molecule has 8 heteroatoms. The zero-order valence-corrected chi connectivity index (χ0v) is 25.4. The highest BCUT2D eigenvalue weighted by atomic mass is 16.5. The molecule has 8 nitrogen and oxygen atoms in total. The van der Waals surface area contributed by atoms with Crippen LogP contribution in [-0.2, 0) is 11.2 Å². The maximum Gasteiger partial charge on any atom is 0.303 e. The number of carbonyl (C=O) groups is 2. The van der Waals surface area contributed by atoms with Gasteiger partial charge in [-0.3, -0.25) is 14.5 Å². The third kappa shape index (κ3) is 8.02. The van der Waals surface area contributed by atoms with Gasteiger partial charge in [0.25, 0.3) is 5.91 Å². The molecule has 42 heavy (non-hydrogen) atoms. The number of piperidine rings is 1. The molecule has 2 atom stereocenters. The van der Waals surface area contributed by atoms with Crippen LogP contribution in [0.2, 0.25) is 0 Å². The molecule has 2 unspecified atom stereocenters. The van der Waals surface area contributed by atoms with E-state index >= 15 is 0 Å². The van der Waals surface area contributed by atoms with E-state index in [0.29, 0.717) is 48.5 Å². The normalized spacial score (nSPS) is 17.0. The van der Waals surface area contributed by atoms with Crippen molar-refractivity contribution in [2.45, 2.75) is 47.0 Å². The lowest BCUT2D eigenvalue weighted by Crippen LogP contribution is -2.43. The second-order valence-electron chi connectivity index (χ2n) is 12.3. The Kier molecular flexibility index (Phi) is 10.1. The minimum absolute atomic E-state index is 0.0737. The van der Waals surface area contributed by atoms with E-state index in [9.17, 15) is 9.59 Å². The Bertz CT molecular complexity index is 1350. The molecule has 1 aliphatic rings. The maximum absolute atomic E-state index is 14.2. The first kappa shape index (κ1) is 30.9. The number of anilines is 2. The Labute approximate surface area is 249 Å². The topological polar surface area (TPSA) is 92.2 Å². The van der Waals surface area contributed by atoms with E-state index in [1.165, 1.54) is 0 Å². The molecule has 2 aromatic carbocycles. The number of carbonyl (C=O) groups excluding carboxylic acids is 1. The SMILES string of the molecule is COc1ccc(C(=O)N(CC(C)(C)C)c2ccccn2)c(N2CCC(COc3ccccc3CCC(=O)O)C(C)C2)c1. The zero-order chi connectivity index (χ0) is 30.3. The first-order valence-corrected chi connectivity index (χ1v) is 14.6. The molecule has 224 valence electrons. The predicted molar refractivity (Wildman–Crippen MR) is 166 cm³/mol. The van der Waals surface area contributed by atoms with E-state index < -0.39 is 5.97 Å². The zero-order valence-electron chi connectivity index (χ0n) is 25.4. The van der Waals surface area contributed by atoms with Crippen LogP contribution in [0.1, 0.15) is 56.5 Å². The lowest BCUT2D eigenvalue weighted by atomic mass is 9.87. The number of aromatic nitrogens is 1. The smallest absolute Gasteiger partial charge is 0.303 e. The molecule has 0 saturated carbocycles. The number of aryl methyl sites for hydroxylation is 1. The summed E-state index contributed by atoms with van der Waals surface area (Å²) >= 11 is 0. The Hall–Kier alpha value is -4.07. The van der Waals surface area contributed by atoms with Crippen LogP contribution in [0.5, 0.6) is 11.5 Å². The van der Waals surface area contributed by atoms with Gasteiger partial charge < -0.3 is 19.5 Å². The van der Waals surface area contributed by atoms with Crippen molar-refractivity contribution in [3.05, 3.63) is 78.0 Å². The van der Waals surface area contributed by atoms with Gasteiger partial charge in [-0.25, -0.2) is 4.98 Å². The molecule has 1 fully saturated rings. The average molecular weight is 574 g/mol. The average Bonchev–Trinajstić information content (AvgIpc) is 2.98. The number of amides is 1. The van der Waals surface area contributed by atoms with Crippen molar-refractivity contribution in [1.29, 1.82) is 0 Å². The van der Waals surface area contributed by atoms with Gasteiger partial charge in [0.2, 0.25) is 0 Å². The predicted octanol–water partition coefficient (Wildman–Crippen LogP) is 6.34. The Morgan fingerprint density at radius 3 is 2.52 bits per heavy atom. The monoisotopic (exact) mass is 573 g/mol. The number of ether oxygens (including phenoxy) is 2. The van der Waals surface area contributed by atoms with E-state index in [2.05, 4.69) is 37.6 Å². The van der Waals surface area contributed by atoms with Gasteiger partial charge in [-0.1, -0.05) is 52.0 Å². The third-order valence-electron chi connectivity index (χ3n) is 7.70. The number of nitrogens with zero attached hydrogens (tertiary/aromatic N) is 3. The van der Waals surface area contributed by atoms with Gasteiger partial charge in [0, 0.05) is 38.3 Å². The van der Waals surface area contributed by atoms with E-state index in [4.69, 9.17) is 14.6 Å². The molecule has 0 spiro atoms. The molecule has 3 aromatic rings. The van der Waals surface area contributed by atoms with Gasteiger partial charge in [-0.2, -0.15) is 0 Å². The van der Waals surface area contributed by atoms with Gasteiger partial charge >= 0.3 is 5.97 Å². The number of benzene rings is 2. The fourth-order valence-corrected chi connectivity index (χ4v) is 5.42. The molecule has 1 aliphatic heterocycles. The van der Waals surface area contributed by atoms with Crippen molar-refractivity contribution in [2.24, 2.45) is 17.3 Å². The van der Waals surface area contributed by atoms with E-state index in [1.54, 1.807) is 18.2 Å². The summed E-state index contributed by atoms with van der Waals surface area (Å²) < 4.78 is 11.8. The molecule has 4 rings (SSSR count). The van der Waals surface area contributed by atoms with Gasteiger partial charge in [-0.15, -0.1) is 0 Å². The minimum atomic E-state index is -0.817. The number of para-hydroxylation sites is 1. The first-order chi connectivity index (χ1) is 20.1. The molecule has 1 amide bonds. The summed E-state index contributed by atoms with van der Waals surface area (Å²) in [4.78, 5) is 33.8. The summed E-state index contributed by atoms with van der Waals surface area (Å²) in [5, 5.41) is 9.10. The second kappa shape index (κ2) is 13.7. The van der Waals surface area contributed by atoms with Crippen LogP contribution in [0.25, 0.3) is 0 Å². The Morgan fingerprint density at radius 2 is 1.86 bits per heavy atom. The van der Waals surface area contributed by atoms with Crippen molar-refractivity contribution in [3.8, 4) is 11.5 Å². The van der Waals surface area contributed by atoms with E-state index in [0.717, 1.165) is 36.5 Å². The number of methoxy groups -OCH3 is 1. The van der Waals surface area contributed by atoms with Crippen LogP contribution in [0.15, 0.2) is 66.9 Å². The third-order valence-corrected chi connectivity index (χ3v) is 7.70. The summed E-state index contributed by atoms with van der Waals surface area (Å²) in [5.74, 6) is 1.82. The van der Waals surface area contributed by atoms with Crippen molar-refractivity contribution >= 4 is 23.4 Å². The molecule has 0 bridgehead atoms. The van der Waals surface area contributed by atoms with Crippen LogP contribution < -0.4 is 19.3 Å². The highest BCUT2D eigenvalue weighted by Gasteiger charge is 2.32. The molecule has 1 saturated heterocycles. The number of rotatable bonds is 11. The molecule has 0 radical (unpaired) electrons. The highest BCUT2D eigenvalue weighted by Crippen LogP contribution is 2.34. The molecule has 2 heterocycles. The Balaban J connectivity index is 1.52. The van der Waals surface area contributed by atoms with Gasteiger partial charge in [0.15, 0.2) is 0 Å². The van der Waals surface area contributed by atoms with E-state index in [-0.39, 0.29) is 17.7 Å². The quantitative estimate of drug-likeness (QED) is 0.286. The maximum atomic E-state index is 14.2. The van der Waals surface area contributed by atoms with Crippen LogP contribution in [-0.4, -0.2) is 55.3 Å². The van der Waals surface area contributed by atoms with Crippen LogP contribution >= 0.6 is 0 Å². The number of hydrogen-bond acceptors (Lipinski definition) is 6. The second-order valence-corrected chi connectivity index (χ2v) is 12.3. The lowest BCUT2D eigenvalue weighted by Gasteiger charge is -2.39. The number of hydrogen-bond donors (Lipinski definition) is 1. The first-order valence-electron chi connectivity index (χ1n) is 14.6. The van der Waals surface area contributed by atoms with Crippen molar-refractivity contribution in [2.75, 3.05) is 43.2 Å². The minimum Gasteiger partial charge on any atom is -0.497 e. The number of carboxylic acid groups (broad SMARTS) is 1. The molecule has 0 aliphatic carbocycles. The number of aliphatic carboxylic acids is 1. The van der Waals surface area contributed by atoms with E-state index in [1.807, 2.05) is 60.7 Å². The Morgan fingerprint density at radius 1 is 1.10 bits per heavy atom. The molecule has 1 aromatic heterocycles.